The fourth-order valence-corrected chi connectivity index (χ4v) is 3.30. The Morgan fingerprint density at radius 1 is 1.09 bits per heavy atom. The number of methoxy groups -OCH3 is 1. The molecule has 5 heteroatoms. The molecule has 22 heavy (non-hydrogen) atoms. The van der Waals surface area contributed by atoms with Crippen molar-refractivity contribution in [1.29, 1.82) is 0 Å². The number of thiazole rings is 1. The molecule has 3 rings (SSSR count). The van der Waals surface area contributed by atoms with Crippen LogP contribution in [0.2, 0.25) is 0 Å². The monoisotopic (exact) mass is 313 g/mol. The molecule has 2 heterocycles. The Morgan fingerprint density at radius 2 is 1.86 bits per heavy atom. The molecule has 0 spiro atoms. The molecule has 0 bridgehead atoms. The second-order valence-electron chi connectivity index (χ2n) is 5.71. The van der Waals surface area contributed by atoms with Gasteiger partial charge in [-0.3, -0.25) is 0 Å². The van der Waals surface area contributed by atoms with Gasteiger partial charge >= 0.3 is 0 Å². The number of rotatable bonds is 3. The second-order valence-corrected chi connectivity index (χ2v) is 6.56. The minimum atomic E-state index is 0.414. The van der Waals surface area contributed by atoms with Gasteiger partial charge in [-0.05, 0) is 37.5 Å². The van der Waals surface area contributed by atoms with Crippen LogP contribution >= 0.6 is 11.3 Å². The maximum absolute atomic E-state index is 5.34. The number of ether oxygens (including phenoxy) is 1. The van der Waals surface area contributed by atoms with E-state index < -0.39 is 0 Å². The van der Waals surface area contributed by atoms with Crippen LogP contribution in [0.5, 0.6) is 5.75 Å². The molecule has 0 aliphatic rings. The number of aryl methyl sites for hydroxylation is 2. The Hall–Kier alpha value is -2.01. The number of fused-ring (bicyclic) bond motifs is 1. The van der Waals surface area contributed by atoms with E-state index in [1.807, 2.05) is 26.0 Å². The van der Waals surface area contributed by atoms with Gasteiger partial charge in [-0.25, -0.2) is 15.0 Å². The lowest BCUT2D eigenvalue weighted by molar-refractivity contribution is 0.415. The van der Waals surface area contributed by atoms with Crippen LogP contribution in [0.3, 0.4) is 0 Å². The predicted octanol–water partition coefficient (Wildman–Crippen LogP) is 4.50. The number of aromatic nitrogens is 3. The Morgan fingerprint density at radius 3 is 2.50 bits per heavy atom. The van der Waals surface area contributed by atoms with E-state index >= 15 is 0 Å². The van der Waals surface area contributed by atoms with Crippen molar-refractivity contribution in [3.05, 3.63) is 34.5 Å². The summed E-state index contributed by atoms with van der Waals surface area (Å²) < 4.78 is 5.34. The fourth-order valence-electron chi connectivity index (χ4n) is 2.39. The highest BCUT2D eigenvalue weighted by atomic mass is 32.1. The molecular weight excluding hydrogens is 294 g/mol. The molecule has 0 saturated heterocycles. The molecule has 114 valence electrons. The van der Waals surface area contributed by atoms with Crippen LogP contribution in [0.1, 0.15) is 36.7 Å². The summed E-state index contributed by atoms with van der Waals surface area (Å²) in [5.41, 5.74) is 4.09. The first kappa shape index (κ1) is 14.9. The van der Waals surface area contributed by atoms with Crippen molar-refractivity contribution in [3.63, 3.8) is 0 Å². The first-order valence-electron chi connectivity index (χ1n) is 7.28. The Balaban J connectivity index is 2.17. The summed E-state index contributed by atoms with van der Waals surface area (Å²) in [6, 6.07) is 3.99. The van der Waals surface area contributed by atoms with E-state index in [1.165, 1.54) is 0 Å². The maximum atomic E-state index is 5.34. The highest BCUT2D eigenvalue weighted by molar-refractivity contribution is 7.13. The van der Waals surface area contributed by atoms with Crippen LogP contribution in [0, 0.1) is 13.8 Å². The Kier molecular flexibility index (Phi) is 3.83. The fraction of sp³-hybridized carbons (Fsp3) is 0.353. The predicted molar refractivity (Wildman–Crippen MR) is 90.8 cm³/mol. The number of nitrogens with zero attached hydrogens (tertiary/aromatic N) is 3. The summed E-state index contributed by atoms with van der Waals surface area (Å²) in [5, 5.41) is 3.99. The molecule has 0 N–H and O–H groups in total. The van der Waals surface area contributed by atoms with Crippen LogP contribution in [0.4, 0.5) is 0 Å². The van der Waals surface area contributed by atoms with Gasteiger partial charge < -0.3 is 4.74 Å². The number of hydrogen-bond acceptors (Lipinski definition) is 5. The van der Waals surface area contributed by atoms with Crippen molar-refractivity contribution >= 4 is 22.2 Å². The van der Waals surface area contributed by atoms with Gasteiger partial charge in [-0.15, -0.1) is 11.3 Å². The maximum Gasteiger partial charge on any atom is 0.189 e. The van der Waals surface area contributed by atoms with Crippen LogP contribution in [-0.2, 0) is 0 Å². The van der Waals surface area contributed by atoms with Crippen molar-refractivity contribution in [2.75, 3.05) is 7.11 Å². The lowest BCUT2D eigenvalue weighted by Crippen LogP contribution is -1.97. The van der Waals surface area contributed by atoms with E-state index in [2.05, 4.69) is 29.2 Å². The van der Waals surface area contributed by atoms with E-state index in [4.69, 9.17) is 9.72 Å². The smallest absolute Gasteiger partial charge is 0.189 e. The molecule has 3 aromatic rings. The summed E-state index contributed by atoms with van der Waals surface area (Å²) >= 11 is 1.60. The molecule has 2 aromatic heterocycles. The molecular formula is C17H19N3OS. The summed E-state index contributed by atoms with van der Waals surface area (Å²) in [6.45, 7) is 8.33. The normalized spacial score (nSPS) is 11.4. The minimum absolute atomic E-state index is 0.414. The van der Waals surface area contributed by atoms with Crippen LogP contribution < -0.4 is 4.74 Å². The first-order chi connectivity index (χ1) is 10.5. The SMILES string of the molecule is COc1cc(C)c2nc(-c3nc(C(C)C)cs3)nc(C)c2c1. The largest absolute Gasteiger partial charge is 0.497 e. The molecule has 0 saturated carbocycles. The van der Waals surface area contributed by atoms with Gasteiger partial charge in [0.25, 0.3) is 0 Å². The van der Waals surface area contributed by atoms with Crippen LogP contribution in [-0.4, -0.2) is 22.1 Å². The van der Waals surface area contributed by atoms with Crippen molar-refractivity contribution in [3.8, 4) is 16.6 Å². The standard InChI is InChI=1S/C17H19N3OS/c1-9(2)14-8-22-17(19-14)16-18-11(4)13-7-12(21-5)6-10(3)15(13)20-16/h6-9H,1-5H3. The molecule has 4 nitrogen and oxygen atoms in total. The van der Waals surface area contributed by atoms with Crippen molar-refractivity contribution < 1.29 is 4.74 Å². The summed E-state index contributed by atoms with van der Waals surface area (Å²) in [4.78, 5) is 14.0. The molecule has 0 aliphatic heterocycles. The summed E-state index contributed by atoms with van der Waals surface area (Å²) in [5.74, 6) is 1.95. The van der Waals surface area contributed by atoms with E-state index in [1.54, 1.807) is 18.4 Å². The quantitative estimate of drug-likeness (QED) is 0.714. The minimum Gasteiger partial charge on any atom is -0.497 e. The van der Waals surface area contributed by atoms with Crippen LogP contribution in [0.15, 0.2) is 17.5 Å². The third-order valence-electron chi connectivity index (χ3n) is 3.70. The van der Waals surface area contributed by atoms with Crippen molar-refractivity contribution in [2.45, 2.75) is 33.6 Å². The van der Waals surface area contributed by atoms with Gasteiger partial charge in [-0.2, -0.15) is 0 Å². The van der Waals surface area contributed by atoms with Crippen molar-refractivity contribution in [1.82, 2.24) is 15.0 Å². The molecule has 0 fully saturated rings. The molecule has 0 unspecified atom stereocenters. The average molecular weight is 313 g/mol. The van der Waals surface area contributed by atoms with Gasteiger partial charge in [-0.1, -0.05) is 13.8 Å². The Labute approximate surface area is 134 Å². The zero-order chi connectivity index (χ0) is 15.9. The Bertz CT molecular complexity index is 839. The van der Waals surface area contributed by atoms with Gasteiger partial charge in [0.05, 0.1) is 18.3 Å². The molecule has 0 atom stereocenters. The van der Waals surface area contributed by atoms with Gasteiger partial charge in [0.1, 0.15) is 5.75 Å². The highest BCUT2D eigenvalue weighted by Crippen LogP contribution is 2.29. The summed E-state index contributed by atoms with van der Waals surface area (Å²) in [7, 11) is 1.67. The molecule has 0 aliphatic carbocycles. The van der Waals surface area contributed by atoms with Gasteiger partial charge in [0.15, 0.2) is 10.8 Å². The zero-order valence-electron chi connectivity index (χ0n) is 13.5. The molecule has 0 amide bonds. The van der Waals surface area contributed by atoms with E-state index in [0.717, 1.165) is 38.6 Å². The van der Waals surface area contributed by atoms with E-state index in [9.17, 15) is 0 Å². The van der Waals surface area contributed by atoms with E-state index in [-0.39, 0.29) is 0 Å². The van der Waals surface area contributed by atoms with E-state index in [0.29, 0.717) is 11.7 Å². The van der Waals surface area contributed by atoms with Gasteiger partial charge in [0.2, 0.25) is 0 Å². The van der Waals surface area contributed by atoms with Gasteiger partial charge in [0, 0.05) is 16.5 Å². The summed E-state index contributed by atoms with van der Waals surface area (Å²) in [6.07, 6.45) is 0. The molecule has 1 aromatic carbocycles. The lowest BCUT2D eigenvalue weighted by atomic mass is 10.1. The zero-order valence-corrected chi connectivity index (χ0v) is 14.3. The number of hydrogen-bond donors (Lipinski definition) is 0. The topological polar surface area (TPSA) is 47.9 Å². The van der Waals surface area contributed by atoms with Crippen LogP contribution in [0.25, 0.3) is 21.7 Å². The third-order valence-corrected chi connectivity index (χ3v) is 4.55. The van der Waals surface area contributed by atoms with Crippen molar-refractivity contribution in [2.24, 2.45) is 0 Å². The number of benzene rings is 1. The highest BCUT2D eigenvalue weighted by Gasteiger charge is 2.14. The molecule has 0 radical (unpaired) electrons. The second kappa shape index (κ2) is 5.65. The average Bonchev–Trinajstić information content (AvgIpc) is 2.97. The first-order valence-corrected chi connectivity index (χ1v) is 8.16. The third kappa shape index (κ3) is 2.57. The lowest BCUT2D eigenvalue weighted by Gasteiger charge is -2.09.